The quantitative estimate of drug-likeness (QED) is 0.798. The Balaban J connectivity index is 1.91. The van der Waals surface area contributed by atoms with Gasteiger partial charge in [-0.2, -0.15) is 5.26 Å². The van der Waals surface area contributed by atoms with E-state index in [9.17, 15) is 0 Å². The second-order valence-corrected chi connectivity index (χ2v) is 4.87. The van der Waals surface area contributed by atoms with E-state index in [2.05, 4.69) is 23.2 Å². The van der Waals surface area contributed by atoms with E-state index in [-0.39, 0.29) is 0 Å². The van der Waals surface area contributed by atoms with Crippen molar-refractivity contribution in [2.45, 2.75) is 13.0 Å². The Morgan fingerprint density at radius 3 is 2.89 bits per heavy atom. The summed E-state index contributed by atoms with van der Waals surface area (Å²) in [5.41, 5.74) is 7.68. The van der Waals surface area contributed by atoms with Gasteiger partial charge >= 0.3 is 0 Å². The Bertz CT molecular complexity index is 463. The number of hydrogen-bond donors (Lipinski definition) is 2. The highest BCUT2D eigenvalue weighted by Crippen LogP contribution is 2.17. The first-order valence-corrected chi connectivity index (χ1v) is 6.55. The van der Waals surface area contributed by atoms with Gasteiger partial charge in [0.15, 0.2) is 0 Å². The zero-order valence-corrected chi connectivity index (χ0v) is 11.2. The lowest BCUT2D eigenvalue weighted by atomic mass is 10.1. The van der Waals surface area contributed by atoms with Gasteiger partial charge in [0.25, 0.3) is 0 Å². The van der Waals surface area contributed by atoms with E-state index in [1.807, 2.05) is 6.07 Å². The molecule has 1 aliphatic rings. The summed E-state index contributed by atoms with van der Waals surface area (Å²) in [4.78, 5) is 2.38. The van der Waals surface area contributed by atoms with Crippen LogP contribution in [-0.4, -0.2) is 43.8 Å². The highest BCUT2D eigenvalue weighted by molar-refractivity contribution is 5.62. The number of nitrogens with zero attached hydrogens (tertiary/aromatic N) is 2. The summed E-state index contributed by atoms with van der Waals surface area (Å²) in [5.74, 6) is 0. The van der Waals surface area contributed by atoms with Gasteiger partial charge in [-0.05, 0) is 25.1 Å². The fourth-order valence-corrected chi connectivity index (χ4v) is 2.24. The van der Waals surface area contributed by atoms with E-state index >= 15 is 0 Å². The number of morpholine rings is 1. The molecule has 2 rings (SSSR count). The third-order valence-electron chi connectivity index (χ3n) is 3.22. The van der Waals surface area contributed by atoms with Crippen LogP contribution in [0.25, 0.3) is 0 Å². The lowest BCUT2D eigenvalue weighted by Crippen LogP contribution is -2.42. The predicted molar refractivity (Wildman–Crippen MR) is 75.9 cm³/mol. The van der Waals surface area contributed by atoms with Gasteiger partial charge in [-0.25, -0.2) is 0 Å². The Hall–Kier alpha value is -1.77. The molecule has 0 aliphatic carbocycles. The Labute approximate surface area is 114 Å². The molecule has 1 saturated heterocycles. The molecule has 0 saturated carbocycles. The zero-order chi connectivity index (χ0) is 13.7. The standard InChI is InChI=1S/C14H20N4O/c1-11(10-18-4-6-19-7-5-18)17-13-2-3-14(16)12(8-13)9-15/h2-3,8,11,17H,4-7,10,16H2,1H3. The van der Waals surface area contributed by atoms with E-state index in [1.165, 1.54) is 0 Å². The van der Waals surface area contributed by atoms with Crippen molar-refractivity contribution in [3.8, 4) is 6.07 Å². The van der Waals surface area contributed by atoms with Crippen molar-refractivity contribution in [2.24, 2.45) is 0 Å². The molecule has 1 atom stereocenters. The summed E-state index contributed by atoms with van der Waals surface area (Å²) in [7, 11) is 0. The van der Waals surface area contributed by atoms with Crippen molar-refractivity contribution in [1.29, 1.82) is 5.26 Å². The highest BCUT2D eigenvalue weighted by Gasteiger charge is 2.13. The number of nitrogens with one attached hydrogen (secondary N) is 1. The number of rotatable bonds is 4. The van der Waals surface area contributed by atoms with Gasteiger partial charge in [0, 0.05) is 37.1 Å². The van der Waals surface area contributed by atoms with Gasteiger partial charge in [-0.15, -0.1) is 0 Å². The normalized spacial score (nSPS) is 17.7. The largest absolute Gasteiger partial charge is 0.398 e. The molecule has 102 valence electrons. The Morgan fingerprint density at radius 2 is 2.21 bits per heavy atom. The first-order valence-electron chi connectivity index (χ1n) is 6.55. The summed E-state index contributed by atoms with van der Waals surface area (Å²) in [6.07, 6.45) is 0. The van der Waals surface area contributed by atoms with Crippen molar-refractivity contribution in [1.82, 2.24) is 4.90 Å². The lowest BCUT2D eigenvalue weighted by molar-refractivity contribution is 0.0368. The molecule has 0 amide bonds. The van der Waals surface area contributed by atoms with E-state index < -0.39 is 0 Å². The Morgan fingerprint density at radius 1 is 1.47 bits per heavy atom. The maximum atomic E-state index is 8.96. The first-order chi connectivity index (χ1) is 9.19. The minimum absolute atomic E-state index is 0.313. The van der Waals surface area contributed by atoms with Gasteiger partial charge in [0.1, 0.15) is 6.07 Å². The topological polar surface area (TPSA) is 74.3 Å². The molecule has 1 aromatic carbocycles. The van der Waals surface area contributed by atoms with Crippen molar-refractivity contribution < 1.29 is 4.74 Å². The van der Waals surface area contributed by atoms with Crippen molar-refractivity contribution in [2.75, 3.05) is 43.9 Å². The van der Waals surface area contributed by atoms with Gasteiger partial charge in [-0.3, -0.25) is 4.90 Å². The number of nitrogen functional groups attached to an aromatic ring is 1. The molecule has 5 heteroatoms. The van der Waals surface area contributed by atoms with Crippen LogP contribution in [0.1, 0.15) is 12.5 Å². The van der Waals surface area contributed by atoms with Gasteiger partial charge in [0.2, 0.25) is 0 Å². The smallest absolute Gasteiger partial charge is 0.101 e. The van der Waals surface area contributed by atoms with E-state index in [0.717, 1.165) is 38.5 Å². The van der Waals surface area contributed by atoms with E-state index in [1.54, 1.807) is 12.1 Å². The van der Waals surface area contributed by atoms with Gasteiger partial charge in [0.05, 0.1) is 18.8 Å². The number of benzene rings is 1. The SMILES string of the molecule is CC(CN1CCOCC1)Nc1ccc(N)c(C#N)c1. The van der Waals surface area contributed by atoms with E-state index in [0.29, 0.717) is 17.3 Å². The van der Waals surface area contributed by atoms with Crippen LogP contribution in [-0.2, 0) is 4.74 Å². The molecule has 1 aliphatic heterocycles. The molecular formula is C14H20N4O. The minimum Gasteiger partial charge on any atom is -0.398 e. The van der Waals surface area contributed by atoms with Crippen molar-refractivity contribution in [3.05, 3.63) is 23.8 Å². The molecule has 3 N–H and O–H groups in total. The molecule has 0 aromatic heterocycles. The van der Waals surface area contributed by atoms with Crippen LogP contribution < -0.4 is 11.1 Å². The average molecular weight is 260 g/mol. The van der Waals surface area contributed by atoms with Crippen molar-refractivity contribution in [3.63, 3.8) is 0 Å². The number of nitrogens with two attached hydrogens (primary N) is 1. The molecule has 1 fully saturated rings. The van der Waals surface area contributed by atoms with Crippen LogP contribution in [0.2, 0.25) is 0 Å². The molecule has 0 bridgehead atoms. The summed E-state index contributed by atoms with van der Waals surface area (Å²) < 4.78 is 5.33. The summed E-state index contributed by atoms with van der Waals surface area (Å²) in [5, 5.41) is 12.4. The molecule has 1 unspecified atom stereocenters. The second kappa shape index (κ2) is 6.41. The number of anilines is 2. The molecule has 0 radical (unpaired) electrons. The number of nitriles is 1. The van der Waals surface area contributed by atoms with Crippen LogP contribution in [0, 0.1) is 11.3 Å². The minimum atomic E-state index is 0.313. The molecule has 19 heavy (non-hydrogen) atoms. The molecule has 1 aromatic rings. The Kier molecular flexibility index (Phi) is 4.61. The van der Waals surface area contributed by atoms with Crippen molar-refractivity contribution >= 4 is 11.4 Å². The molecule has 1 heterocycles. The fourth-order valence-electron chi connectivity index (χ4n) is 2.24. The van der Waals surface area contributed by atoms with E-state index in [4.69, 9.17) is 15.7 Å². The maximum absolute atomic E-state index is 8.96. The van der Waals surface area contributed by atoms with Crippen LogP contribution >= 0.6 is 0 Å². The van der Waals surface area contributed by atoms with Crippen LogP contribution in [0.3, 0.4) is 0 Å². The highest BCUT2D eigenvalue weighted by atomic mass is 16.5. The number of ether oxygens (including phenoxy) is 1. The lowest BCUT2D eigenvalue weighted by Gasteiger charge is -2.29. The van der Waals surface area contributed by atoms with Crippen LogP contribution in [0.5, 0.6) is 0 Å². The average Bonchev–Trinajstić information content (AvgIpc) is 2.42. The summed E-state index contributed by atoms with van der Waals surface area (Å²) in [6, 6.07) is 7.88. The third kappa shape index (κ3) is 3.85. The summed E-state index contributed by atoms with van der Waals surface area (Å²) in [6.45, 7) is 6.70. The second-order valence-electron chi connectivity index (χ2n) is 4.87. The predicted octanol–water partition coefficient (Wildman–Crippen LogP) is 1.27. The molecule has 0 spiro atoms. The van der Waals surface area contributed by atoms with Crippen LogP contribution in [0.15, 0.2) is 18.2 Å². The van der Waals surface area contributed by atoms with Gasteiger partial charge in [-0.1, -0.05) is 0 Å². The monoisotopic (exact) mass is 260 g/mol. The fraction of sp³-hybridized carbons (Fsp3) is 0.500. The third-order valence-corrected chi connectivity index (χ3v) is 3.22. The van der Waals surface area contributed by atoms with Gasteiger partial charge < -0.3 is 15.8 Å². The first kappa shape index (κ1) is 13.7. The molecular weight excluding hydrogens is 240 g/mol. The zero-order valence-electron chi connectivity index (χ0n) is 11.2. The molecule has 5 nitrogen and oxygen atoms in total. The van der Waals surface area contributed by atoms with Crippen LogP contribution in [0.4, 0.5) is 11.4 Å². The maximum Gasteiger partial charge on any atom is 0.101 e. The summed E-state index contributed by atoms with van der Waals surface area (Å²) >= 11 is 0. The number of hydrogen-bond acceptors (Lipinski definition) is 5.